The summed E-state index contributed by atoms with van der Waals surface area (Å²) in [5.41, 5.74) is -0.0473. The van der Waals surface area contributed by atoms with Gasteiger partial charge < -0.3 is 4.79 Å². The Morgan fingerprint density at radius 1 is 1.29 bits per heavy atom. The van der Waals surface area contributed by atoms with E-state index in [-0.39, 0.29) is 11.1 Å². The Balaban J connectivity index is 2.82. The molecule has 0 bridgehead atoms. The van der Waals surface area contributed by atoms with Crippen LogP contribution in [0.4, 0.5) is 0 Å². The molecule has 0 amide bonds. The first kappa shape index (κ1) is 14.4. The monoisotopic (exact) mass is 239 g/mol. The van der Waals surface area contributed by atoms with Crippen LogP contribution in [0.3, 0.4) is 0 Å². The smallest absolute Gasteiger partial charge is 0.151 e. The van der Waals surface area contributed by atoms with Gasteiger partial charge >= 0.3 is 0 Å². The molecule has 1 aliphatic heterocycles. The molecular formula is C14H25NO2. The normalized spacial score (nSPS) is 25.2. The van der Waals surface area contributed by atoms with E-state index in [1.165, 1.54) is 6.42 Å². The minimum atomic E-state index is -0.413. The first-order valence-electron chi connectivity index (χ1n) is 6.37. The van der Waals surface area contributed by atoms with Crippen molar-refractivity contribution in [3.8, 4) is 0 Å². The molecule has 0 spiro atoms. The molecule has 0 aromatic carbocycles. The molecule has 0 N–H and O–H groups in total. The van der Waals surface area contributed by atoms with Crippen molar-refractivity contribution in [1.29, 1.82) is 0 Å². The SMILES string of the molecule is C=CC[C@@H](C=O)ON1C(C)(C)CCCC1(C)C. The van der Waals surface area contributed by atoms with Gasteiger partial charge in [-0.1, -0.05) is 6.08 Å². The summed E-state index contributed by atoms with van der Waals surface area (Å²) in [5.74, 6) is 0. The van der Waals surface area contributed by atoms with E-state index < -0.39 is 6.10 Å². The molecule has 0 aliphatic carbocycles. The molecule has 1 fully saturated rings. The number of nitrogens with zero attached hydrogens (tertiary/aromatic N) is 1. The van der Waals surface area contributed by atoms with Gasteiger partial charge in [0.15, 0.2) is 6.29 Å². The number of piperidine rings is 1. The number of carbonyl (C=O) groups excluding carboxylic acids is 1. The third-order valence-electron chi connectivity index (χ3n) is 3.47. The van der Waals surface area contributed by atoms with Crippen LogP contribution < -0.4 is 0 Å². The van der Waals surface area contributed by atoms with Crippen LogP contribution in [0, 0.1) is 0 Å². The van der Waals surface area contributed by atoms with Crippen molar-refractivity contribution in [1.82, 2.24) is 5.06 Å². The molecule has 1 atom stereocenters. The molecule has 0 aromatic rings. The average Bonchev–Trinajstić information content (AvgIpc) is 2.21. The van der Waals surface area contributed by atoms with Crippen LogP contribution in [0.2, 0.25) is 0 Å². The standard InChI is InChI=1S/C14H25NO2/c1-6-8-12(11-16)17-15-13(2,3)9-7-10-14(15,4)5/h6,11-12H,1,7-10H2,2-5H3/t12-/m0/s1. The zero-order valence-electron chi connectivity index (χ0n) is 11.5. The summed E-state index contributed by atoms with van der Waals surface area (Å²) in [6.45, 7) is 12.3. The van der Waals surface area contributed by atoms with Gasteiger partial charge in [-0.2, -0.15) is 5.06 Å². The van der Waals surface area contributed by atoms with E-state index in [9.17, 15) is 4.79 Å². The Kier molecular flexibility index (Phi) is 4.50. The lowest BCUT2D eigenvalue weighted by Gasteiger charge is -2.51. The first-order valence-corrected chi connectivity index (χ1v) is 6.37. The van der Waals surface area contributed by atoms with Gasteiger partial charge in [-0.25, -0.2) is 0 Å². The fraction of sp³-hybridized carbons (Fsp3) is 0.786. The molecule has 1 saturated heterocycles. The Labute approximate surface area is 105 Å². The van der Waals surface area contributed by atoms with Crippen molar-refractivity contribution in [2.75, 3.05) is 0 Å². The molecule has 3 nitrogen and oxygen atoms in total. The Hall–Kier alpha value is -0.670. The Bertz CT molecular complexity index is 268. The van der Waals surface area contributed by atoms with Crippen molar-refractivity contribution < 1.29 is 9.63 Å². The summed E-state index contributed by atoms with van der Waals surface area (Å²) < 4.78 is 0. The fourth-order valence-corrected chi connectivity index (χ4v) is 2.68. The third-order valence-corrected chi connectivity index (χ3v) is 3.47. The van der Waals surface area contributed by atoms with Crippen LogP contribution in [0.1, 0.15) is 53.4 Å². The largest absolute Gasteiger partial charge is 0.300 e. The number of aldehydes is 1. The van der Waals surface area contributed by atoms with E-state index in [0.29, 0.717) is 6.42 Å². The van der Waals surface area contributed by atoms with E-state index >= 15 is 0 Å². The predicted octanol–water partition coefficient (Wildman–Crippen LogP) is 3.10. The van der Waals surface area contributed by atoms with Crippen molar-refractivity contribution >= 4 is 6.29 Å². The van der Waals surface area contributed by atoms with Gasteiger partial charge in [-0.05, 0) is 47.0 Å². The summed E-state index contributed by atoms with van der Waals surface area (Å²) in [6, 6.07) is 0. The van der Waals surface area contributed by atoms with Crippen molar-refractivity contribution in [2.45, 2.75) is 70.6 Å². The van der Waals surface area contributed by atoms with Gasteiger partial charge in [0.1, 0.15) is 6.10 Å². The zero-order chi connectivity index (χ0) is 13.1. The second-order valence-electron chi connectivity index (χ2n) is 6.08. The van der Waals surface area contributed by atoms with E-state index in [2.05, 4.69) is 34.3 Å². The molecule has 0 aromatic heterocycles. The molecule has 98 valence electrons. The predicted molar refractivity (Wildman–Crippen MR) is 69.6 cm³/mol. The van der Waals surface area contributed by atoms with Crippen molar-refractivity contribution in [3.05, 3.63) is 12.7 Å². The number of hydroxylamine groups is 2. The van der Waals surface area contributed by atoms with E-state index in [0.717, 1.165) is 19.1 Å². The molecule has 17 heavy (non-hydrogen) atoms. The van der Waals surface area contributed by atoms with Gasteiger partial charge in [0.25, 0.3) is 0 Å². The number of hydrogen-bond acceptors (Lipinski definition) is 3. The minimum Gasteiger partial charge on any atom is -0.300 e. The summed E-state index contributed by atoms with van der Waals surface area (Å²) >= 11 is 0. The summed E-state index contributed by atoms with van der Waals surface area (Å²) in [7, 11) is 0. The van der Waals surface area contributed by atoms with Gasteiger partial charge in [0, 0.05) is 17.5 Å². The van der Waals surface area contributed by atoms with Crippen molar-refractivity contribution in [3.63, 3.8) is 0 Å². The second-order valence-corrected chi connectivity index (χ2v) is 6.08. The van der Waals surface area contributed by atoms with Crippen LogP contribution in [-0.2, 0) is 9.63 Å². The molecule has 0 unspecified atom stereocenters. The molecule has 0 saturated carbocycles. The summed E-state index contributed by atoms with van der Waals surface area (Å²) in [4.78, 5) is 16.9. The maximum absolute atomic E-state index is 11.0. The highest BCUT2D eigenvalue weighted by molar-refractivity contribution is 5.56. The molecule has 1 rings (SSSR count). The average molecular weight is 239 g/mol. The third kappa shape index (κ3) is 3.39. The van der Waals surface area contributed by atoms with Crippen LogP contribution in [-0.4, -0.2) is 28.5 Å². The minimum absolute atomic E-state index is 0.0236. The Morgan fingerprint density at radius 2 is 1.82 bits per heavy atom. The Morgan fingerprint density at radius 3 is 2.24 bits per heavy atom. The number of hydrogen-bond donors (Lipinski definition) is 0. The fourth-order valence-electron chi connectivity index (χ4n) is 2.68. The first-order chi connectivity index (χ1) is 7.83. The summed E-state index contributed by atoms with van der Waals surface area (Å²) in [6.07, 6.45) is 6.13. The van der Waals surface area contributed by atoms with Crippen molar-refractivity contribution in [2.24, 2.45) is 0 Å². The molecule has 3 heteroatoms. The topological polar surface area (TPSA) is 29.5 Å². The highest BCUT2D eigenvalue weighted by Crippen LogP contribution is 2.38. The lowest BCUT2D eigenvalue weighted by molar-refractivity contribution is -0.295. The number of rotatable bonds is 5. The molecule has 1 aliphatic rings. The van der Waals surface area contributed by atoms with Crippen LogP contribution in [0.5, 0.6) is 0 Å². The van der Waals surface area contributed by atoms with Gasteiger partial charge in [-0.3, -0.25) is 4.84 Å². The molecule has 1 heterocycles. The number of carbonyl (C=O) groups is 1. The quantitative estimate of drug-likeness (QED) is 0.545. The van der Waals surface area contributed by atoms with Crippen LogP contribution >= 0.6 is 0 Å². The van der Waals surface area contributed by atoms with Gasteiger partial charge in [-0.15, -0.1) is 6.58 Å². The summed E-state index contributed by atoms with van der Waals surface area (Å²) in [5, 5.41) is 2.02. The van der Waals surface area contributed by atoms with E-state index in [4.69, 9.17) is 4.84 Å². The molecule has 0 radical (unpaired) electrons. The lowest BCUT2D eigenvalue weighted by Crippen LogP contribution is -2.59. The maximum atomic E-state index is 11.0. The lowest BCUT2D eigenvalue weighted by atomic mass is 9.82. The highest BCUT2D eigenvalue weighted by atomic mass is 16.7. The van der Waals surface area contributed by atoms with Crippen LogP contribution in [0.25, 0.3) is 0 Å². The van der Waals surface area contributed by atoms with Crippen LogP contribution in [0.15, 0.2) is 12.7 Å². The maximum Gasteiger partial charge on any atom is 0.151 e. The highest BCUT2D eigenvalue weighted by Gasteiger charge is 2.43. The zero-order valence-corrected chi connectivity index (χ0v) is 11.5. The second kappa shape index (κ2) is 5.32. The van der Waals surface area contributed by atoms with E-state index in [1.807, 2.05) is 5.06 Å². The van der Waals surface area contributed by atoms with E-state index in [1.54, 1.807) is 6.08 Å². The van der Waals surface area contributed by atoms with Gasteiger partial charge in [0.05, 0.1) is 0 Å². The van der Waals surface area contributed by atoms with Gasteiger partial charge in [0.2, 0.25) is 0 Å². The molecular weight excluding hydrogens is 214 g/mol.